The molecule has 0 aromatic heterocycles. The van der Waals surface area contributed by atoms with Crippen LogP contribution in [0.2, 0.25) is 5.02 Å². The van der Waals surface area contributed by atoms with Crippen LogP contribution < -0.4 is 4.90 Å². The lowest BCUT2D eigenvalue weighted by atomic mass is 10.1. The van der Waals surface area contributed by atoms with Gasteiger partial charge in [0.2, 0.25) is 5.91 Å². The van der Waals surface area contributed by atoms with Crippen LogP contribution in [0.15, 0.2) is 41.3 Å². The van der Waals surface area contributed by atoms with Crippen LogP contribution in [0, 0.1) is 5.82 Å². The zero-order valence-electron chi connectivity index (χ0n) is 13.4. The number of anilines is 1. The van der Waals surface area contributed by atoms with E-state index in [0.717, 1.165) is 4.90 Å². The van der Waals surface area contributed by atoms with E-state index in [1.165, 1.54) is 28.8 Å². The summed E-state index contributed by atoms with van der Waals surface area (Å²) in [6, 6.07) is 9.44. The van der Waals surface area contributed by atoms with Crippen molar-refractivity contribution in [1.82, 2.24) is 0 Å². The lowest BCUT2D eigenvalue weighted by Gasteiger charge is -2.29. The smallest absolute Gasteiger partial charge is 0.338 e. The second-order valence-corrected chi connectivity index (χ2v) is 6.80. The molecule has 2 aromatic rings. The molecule has 0 spiro atoms. The van der Waals surface area contributed by atoms with E-state index in [2.05, 4.69) is 0 Å². The molecular formula is C18H15ClFNO3S. The Labute approximate surface area is 153 Å². The molecule has 130 valence electrons. The second kappa shape index (κ2) is 7.45. The highest BCUT2D eigenvalue weighted by Gasteiger charge is 2.27. The molecule has 2 aromatic carbocycles. The number of halogens is 2. The fourth-order valence-electron chi connectivity index (χ4n) is 2.56. The predicted octanol–water partition coefficient (Wildman–Crippen LogP) is 4.29. The molecule has 1 heterocycles. The highest BCUT2D eigenvalue weighted by Crippen LogP contribution is 2.37. The Bertz CT molecular complexity index is 823. The van der Waals surface area contributed by atoms with E-state index < -0.39 is 11.8 Å². The van der Waals surface area contributed by atoms with Gasteiger partial charge in [-0.25, -0.2) is 9.18 Å². The molecule has 1 amide bonds. The van der Waals surface area contributed by atoms with E-state index in [0.29, 0.717) is 11.3 Å². The third kappa shape index (κ3) is 3.65. The van der Waals surface area contributed by atoms with Crippen molar-refractivity contribution in [2.24, 2.45) is 0 Å². The Kier molecular flexibility index (Phi) is 5.30. The van der Waals surface area contributed by atoms with Crippen molar-refractivity contribution in [3.63, 3.8) is 0 Å². The first kappa shape index (κ1) is 17.8. The number of amides is 1. The quantitative estimate of drug-likeness (QED) is 0.743. The Balaban J connectivity index is 2.00. The number of carbonyl (C=O) groups excluding carboxylic acids is 2. The van der Waals surface area contributed by atoms with Crippen molar-refractivity contribution >= 4 is 40.9 Å². The third-order valence-corrected chi connectivity index (χ3v) is 5.19. The minimum Gasteiger partial charge on any atom is -0.462 e. The summed E-state index contributed by atoms with van der Waals surface area (Å²) in [6.45, 7) is 1.99. The average Bonchev–Trinajstić information content (AvgIpc) is 2.59. The zero-order chi connectivity index (χ0) is 18.0. The molecule has 0 saturated heterocycles. The molecule has 0 N–H and O–H groups in total. The maximum Gasteiger partial charge on any atom is 0.338 e. The molecule has 0 aliphatic carbocycles. The van der Waals surface area contributed by atoms with Crippen LogP contribution in [-0.4, -0.2) is 24.2 Å². The Hall–Kier alpha value is -2.05. The number of ether oxygens (including phenoxy) is 1. The molecule has 0 bridgehead atoms. The molecule has 0 fully saturated rings. The van der Waals surface area contributed by atoms with Crippen molar-refractivity contribution in [3.8, 4) is 0 Å². The third-order valence-electron chi connectivity index (χ3n) is 3.79. The molecule has 0 radical (unpaired) electrons. The van der Waals surface area contributed by atoms with Crippen LogP contribution in [0.3, 0.4) is 0 Å². The van der Waals surface area contributed by atoms with E-state index in [9.17, 15) is 14.0 Å². The Morgan fingerprint density at radius 2 is 2.16 bits per heavy atom. The Morgan fingerprint density at radius 3 is 2.88 bits per heavy atom. The first-order chi connectivity index (χ1) is 12.0. The standard InChI is InChI=1S/C18H15ClFNO3S/c1-2-24-18(23)11-6-7-16-15(8-11)21(17(22)10-25-16)9-12-13(19)4-3-5-14(12)20/h3-8H,2,9-10H2,1H3. The van der Waals surface area contributed by atoms with Gasteiger partial charge in [0.25, 0.3) is 0 Å². The number of fused-ring (bicyclic) bond motifs is 1. The summed E-state index contributed by atoms with van der Waals surface area (Å²) >= 11 is 7.47. The van der Waals surface area contributed by atoms with Gasteiger partial charge < -0.3 is 9.64 Å². The minimum atomic E-state index is -0.471. The van der Waals surface area contributed by atoms with Gasteiger partial charge in [-0.05, 0) is 37.3 Å². The van der Waals surface area contributed by atoms with Crippen molar-refractivity contribution in [3.05, 3.63) is 58.4 Å². The summed E-state index contributed by atoms with van der Waals surface area (Å²) in [5, 5.41) is 0.258. The highest BCUT2D eigenvalue weighted by molar-refractivity contribution is 8.00. The van der Waals surface area contributed by atoms with Gasteiger partial charge in [-0.1, -0.05) is 17.7 Å². The molecule has 1 aliphatic heterocycles. The first-order valence-corrected chi connectivity index (χ1v) is 9.05. The minimum absolute atomic E-state index is 0.00415. The van der Waals surface area contributed by atoms with Crippen LogP contribution >= 0.6 is 23.4 Å². The molecule has 0 unspecified atom stereocenters. The predicted molar refractivity (Wildman–Crippen MR) is 95.7 cm³/mol. The van der Waals surface area contributed by atoms with E-state index >= 15 is 0 Å². The number of thioether (sulfide) groups is 1. The first-order valence-electron chi connectivity index (χ1n) is 7.68. The van der Waals surface area contributed by atoms with Gasteiger partial charge in [-0.2, -0.15) is 0 Å². The molecule has 3 rings (SSSR count). The lowest BCUT2D eigenvalue weighted by molar-refractivity contribution is -0.116. The second-order valence-electron chi connectivity index (χ2n) is 5.37. The maximum atomic E-state index is 14.1. The Morgan fingerprint density at radius 1 is 1.36 bits per heavy atom. The number of esters is 1. The summed E-state index contributed by atoms with van der Waals surface area (Å²) in [6.07, 6.45) is 0. The summed E-state index contributed by atoms with van der Waals surface area (Å²) < 4.78 is 19.1. The van der Waals surface area contributed by atoms with E-state index in [1.54, 1.807) is 31.2 Å². The van der Waals surface area contributed by atoms with E-state index in [1.807, 2.05) is 0 Å². The van der Waals surface area contributed by atoms with Crippen LogP contribution in [0.1, 0.15) is 22.8 Å². The molecule has 0 atom stereocenters. The molecule has 7 heteroatoms. The van der Waals surface area contributed by atoms with Gasteiger partial charge in [0.1, 0.15) is 5.82 Å². The number of carbonyl (C=O) groups is 2. The average molecular weight is 380 g/mol. The number of rotatable bonds is 4. The SMILES string of the molecule is CCOC(=O)c1ccc2c(c1)N(Cc1c(F)cccc1Cl)C(=O)CS2. The van der Waals surface area contributed by atoms with Gasteiger partial charge in [-0.3, -0.25) is 4.79 Å². The molecular weight excluding hydrogens is 365 g/mol. The zero-order valence-corrected chi connectivity index (χ0v) is 15.0. The van der Waals surface area contributed by atoms with Crippen molar-refractivity contribution in [2.45, 2.75) is 18.4 Å². The normalized spacial score (nSPS) is 13.6. The fraction of sp³-hybridized carbons (Fsp3) is 0.222. The van der Waals surface area contributed by atoms with Gasteiger partial charge in [-0.15, -0.1) is 11.8 Å². The van der Waals surface area contributed by atoms with Gasteiger partial charge in [0, 0.05) is 15.5 Å². The van der Waals surface area contributed by atoms with Crippen LogP contribution in [0.5, 0.6) is 0 Å². The number of hydrogen-bond donors (Lipinski definition) is 0. The summed E-state index contributed by atoms with van der Waals surface area (Å²) in [7, 11) is 0. The summed E-state index contributed by atoms with van der Waals surface area (Å²) in [5.41, 5.74) is 1.16. The number of benzene rings is 2. The van der Waals surface area contributed by atoms with Crippen molar-refractivity contribution < 1.29 is 18.7 Å². The molecule has 1 aliphatic rings. The van der Waals surface area contributed by atoms with E-state index in [4.69, 9.17) is 16.3 Å². The van der Waals surface area contributed by atoms with Crippen LogP contribution in [-0.2, 0) is 16.1 Å². The van der Waals surface area contributed by atoms with Crippen molar-refractivity contribution in [2.75, 3.05) is 17.3 Å². The lowest BCUT2D eigenvalue weighted by Crippen LogP contribution is -2.35. The van der Waals surface area contributed by atoms with Gasteiger partial charge in [0.15, 0.2) is 0 Å². The largest absolute Gasteiger partial charge is 0.462 e. The highest BCUT2D eigenvalue weighted by atomic mass is 35.5. The summed E-state index contributed by atoms with van der Waals surface area (Å²) in [5.74, 6) is -0.852. The maximum absolute atomic E-state index is 14.1. The van der Waals surface area contributed by atoms with Crippen LogP contribution in [0.25, 0.3) is 0 Å². The van der Waals surface area contributed by atoms with Gasteiger partial charge >= 0.3 is 5.97 Å². The topological polar surface area (TPSA) is 46.6 Å². The monoisotopic (exact) mass is 379 g/mol. The van der Waals surface area contributed by atoms with Crippen molar-refractivity contribution in [1.29, 1.82) is 0 Å². The van der Waals surface area contributed by atoms with Crippen LogP contribution in [0.4, 0.5) is 10.1 Å². The van der Waals surface area contributed by atoms with Gasteiger partial charge in [0.05, 0.1) is 30.2 Å². The number of nitrogens with zero attached hydrogens (tertiary/aromatic N) is 1. The fourth-order valence-corrected chi connectivity index (χ4v) is 3.70. The molecule has 4 nitrogen and oxygen atoms in total. The van der Waals surface area contributed by atoms with E-state index in [-0.39, 0.29) is 35.4 Å². The molecule has 0 saturated carbocycles. The molecule has 25 heavy (non-hydrogen) atoms. The number of hydrogen-bond acceptors (Lipinski definition) is 4. The summed E-state index contributed by atoms with van der Waals surface area (Å²) in [4.78, 5) is 26.7.